The monoisotopic (exact) mass is 243 g/mol. The number of benzene rings is 1. The maximum Gasteiger partial charge on any atom is 0.417 e. The molecule has 0 heterocycles. The number of hydrogen-bond donors (Lipinski definition) is 1. The minimum atomic E-state index is -5.07. The fraction of sp³-hybridized carbons (Fsp3) is 0.333. The van der Waals surface area contributed by atoms with Gasteiger partial charge in [0.25, 0.3) is 0 Å². The molecule has 0 radical (unpaired) electrons. The van der Waals surface area contributed by atoms with Crippen LogP contribution in [0.15, 0.2) is 18.2 Å². The van der Waals surface area contributed by atoms with E-state index in [0.29, 0.717) is 6.07 Å². The highest BCUT2D eigenvalue weighted by molar-refractivity contribution is 5.39. The highest BCUT2D eigenvalue weighted by Gasteiger charge is 2.44. The normalized spacial score (nSPS) is 12.9. The van der Waals surface area contributed by atoms with E-state index in [4.69, 9.17) is 5.73 Å². The smallest absolute Gasteiger partial charge is 0.326 e. The molecule has 0 aliphatic heterocycles. The van der Waals surface area contributed by atoms with Crippen LogP contribution in [0.3, 0.4) is 0 Å². The van der Waals surface area contributed by atoms with E-state index in [0.717, 1.165) is 12.1 Å². The number of rotatable bonds is 1. The Balaban J connectivity index is 3.51. The maximum atomic E-state index is 12.5. The Hall–Kier alpha value is -1.24. The molecule has 1 aromatic carbocycles. The van der Waals surface area contributed by atoms with E-state index in [1.807, 2.05) is 0 Å². The predicted octanol–water partition coefficient (Wildman–Crippen LogP) is 3.18. The molecule has 90 valence electrons. The molecule has 16 heavy (non-hydrogen) atoms. The first-order valence-corrected chi connectivity index (χ1v) is 4.14. The lowest BCUT2D eigenvalue weighted by Crippen LogP contribution is -2.20. The van der Waals surface area contributed by atoms with Crippen LogP contribution in [0.25, 0.3) is 0 Å². The first-order chi connectivity index (χ1) is 7.18. The van der Waals surface area contributed by atoms with Crippen molar-refractivity contribution in [3.63, 3.8) is 0 Å². The highest BCUT2D eigenvalue weighted by atomic mass is 19.4. The summed E-state index contributed by atoms with van der Waals surface area (Å²) in [5, 5.41) is 0. The molecule has 1 aromatic rings. The minimum Gasteiger partial charge on any atom is -0.326 e. The number of alkyl halides is 6. The van der Waals surface area contributed by atoms with Crippen LogP contribution in [0.1, 0.15) is 16.7 Å². The van der Waals surface area contributed by atoms with Crippen LogP contribution >= 0.6 is 0 Å². The van der Waals surface area contributed by atoms with Gasteiger partial charge < -0.3 is 5.73 Å². The lowest BCUT2D eigenvalue weighted by Gasteiger charge is -2.18. The third-order valence-corrected chi connectivity index (χ3v) is 1.96. The predicted molar refractivity (Wildman–Crippen MR) is 44.3 cm³/mol. The molecule has 0 fully saturated rings. The Kier molecular flexibility index (Phi) is 3.18. The molecule has 1 nitrogen and oxygen atoms in total. The summed E-state index contributed by atoms with van der Waals surface area (Å²) in [7, 11) is 0. The van der Waals surface area contributed by atoms with E-state index >= 15 is 0 Å². The first-order valence-electron chi connectivity index (χ1n) is 4.14. The average molecular weight is 243 g/mol. The summed E-state index contributed by atoms with van der Waals surface area (Å²) >= 11 is 0. The Labute approximate surface area is 86.9 Å². The summed E-state index contributed by atoms with van der Waals surface area (Å²) in [5.41, 5.74) is 1.02. The van der Waals surface area contributed by atoms with Gasteiger partial charge in [0.05, 0.1) is 11.1 Å². The Morgan fingerprint density at radius 3 is 1.88 bits per heavy atom. The molecule has 0 bridgehead atoms. The lowest BCUT2D eigenvalue weighted by atomic mass is 10.00. The van der Waals surface area contributed by atoms with Crippen LogP contribution in [-0.4, -0.2) is 0 Å². The van der Waals surface area contributed by atoms with E-state index in [1.165, 1.54) is 0 Å². The van der Waals surface area contributed by atoms with Gasteiger partial charge in [0.2, 0.25) is 0 Å². The van der Waals surface area contributed by atoms with Gasteiger partial charge in [-0.15, -0.1) is 0 Å². The van der Waals surface area contributed by atoms with Gasteiger partial charge in [-0.3, -0.25) is 0 Å². The second-order valence-electron chi connectivity index (χ2n) is 3.04. The van der Waals surface area contributed by atoms with E-state index in [1.54, 1.807) is 0 Å². The summed E-state index contributed by atoms with van der Waals surface area (Å²) in [6.45, 7) is -0.598. The molecular weight excluding hydrogens is 236 g/mol. The Bertz CT molecular complexity index is 379. The van der Waals surface area contributed by atoms with Crippen LogP contribution in [0.2, 0.25) is 0 Å². The molecule has 0 unspecified atom stereocenters. The molecule has 0 aliphatic carbocycles. The molecule has 0 spiro atoms. The third kappa shape index (κ3) is 2.46. The lowest BCUT2D eigenvalue weighted by molar-refractivity contribution is -0.162. The number of nitrogens with two attached hydrogens (primary N) is 1. The highest BCUT2D eigenvalue weighted by Crippen LogP contribution is 2.41. The van der Waals surface area contributed by atoms with Crippen LogP contribution < -0.4 is 5.73 Å². The zero-order chi connectivity index (χ0) is 12.6. The van der Waals surface area contributed by atoms with Crippen molar-refractivity contribution in [3.8, 4) is 0 Å². The molecule has 0 aromatic heterocycles. The number of halogens is 6. The number of hydrogen-bond acceptors (Lipinski definition) is 1. The first kappa shape index (κ1) is 12.8. The quantitative estimate of drug-likeness (QED) is 0.753. The van der Waals surface area contributed by atoms with Gasteiger partial charge in [0, 0.05) is 6.54 Å². The molecule has 1 rings (SSSR count). The van der Waals surface area contributed by atoms with Crippen LogP contribution in [-0.2, 0) is 18.9 Å². The zero-order valence-electron chi connectivity index (χ0n) is 7.78. The van der Waals surface area contributed by atoms with Crippen molar-refractivity contribution < 1.29 is 26.3 Å². The van der Waals surface area contributed by atoms with Crippen molar-refractivity contribution in [1.82, 2.24) is 0 Å². The Morgan fingerprint density at radius 1 is 0.938 bits per heavy atom. The largest absolute Gasteiger partial charge is 0.417 e. The van der Waals surface area contributed by atoms with Gasteiger partial charge in [0.1, 0.15) is 0 Å². The Morgan fingerprint density at radius 2 is 1.50 bits per heavy atom. The molecule has 0 saturated carbocycles. The summed E-state index contributed by atoms with van der Waals surface area (Å²) in [4.78, 5) is 0. The van der Waals surface area contributed by atoms with Crippen LogP contribution in [0.4, 0.5) is 26.3 Å². The van der Waals surface area contributed by atoms with Crippen molar-refractivity contribution in [2.75, 3.05) is 0 Å². The van der Waals surface area contributed by atoms with Crippen molar-refractivity contribution >= 4 is 0 Å². The topological polar surface area (TPSA) is 26.0 Å². The van der Waals surface area contributed by atoms with Gasteiger partial charge >= 0.3 is 12.4 Å². The van der Waals surface area contributed by atoms with Crippen molar-refractivity contribution in [2.45, 2.75) is 18.9 Å². The van der Waals surface area contributed by atoms with Crippen molar-refractivity contribution in [1.29, 1.82) is 0 Å². The van der Waals surface area contributed by atoms with E-state index < -0.39 is 35.6 Å². The van der Waals surface area contributed by atoms with Gasteiger partial charge in [0.15, 0.2) is 0 Å². The standard InChI is InChI=1S/C9H7F6N/c10-8(11,12)6-3-1-2-5(4-16)7(6)9(13,14)15/h1-3H,4,16H2. The van der Waals surface area contributed by atoms with Crippen molar-refractivity contribution in [2.24, 2.45) is 5.73 Å². The SMILES string of the molecule is NCc1cccc(C(F)(F)F)c1C(F)(F)F. The molecule has 0 amide bonds. The van der Waals surface area contributed by atoms with E-state index in [-0.39, 0.29) is 0 Å². The van der Waals surface area contributed by atoms with Crippen LogP contribution in [0, 0.1) is 0 Å². The zero-order valence-corrected chi connectivity index (χ0v) is 7.78. The fourth-order valence-corrected chi connectivity index (χ4v) is 1.34. The molecule has 0 aliphatic rings. The van der Waals surface area contributed by atoms with Crippen LogP contribution in [0.5, 0.6) is 0 Å². The van der Waals surface area contributed by atoms with E-state index in [2.05, 4.69) is 0 Å². The maximum absolute atomic E-state index is 12.5. The average Bonchev–Trinajstić information content (AvgIpc) is 2.13. The second kappa shape index (κ2) is 3.97. The van der Waals surface area contributed by atoms with E-state index in [9.17, 15) is 26.3 Å². The molecule has 0 saturated heterocycles. The second-order valence-corrected chi connectivity index (χ2v) is 3.04. The molecular formula is C9H7F6N. The summed E-state index contributed by atoms with van der Waals surface area (Å²) in [6.07, 6.45) is -10.1. The third-order valence-electron chi connectivity index (χ3n) is 1.96. The van der Waals surface area contributed by atoms with Gasteiger partial charge in [-0.1, -0.05) is 12.1 Å². The van der Waals surface area contributed by atoms with Gasteiger partial charge in [-0.2, -0.15) is 26.3 Å². The fourth-order valence-electron chi connectivity index (χ4n) is 1.34. The van der Waals surface area contributed by atoms with Gasteiger partial charge in [-0.05, 0) is 11.6 Å². The summed E-state index contributed by atoms with van der Waals surface area (Å²) in [5.74, 6) is 0. The molecule has 0 atom stereocenters. The molecule has 7 heteroatoms. The molecule has 2 N–H and O–H groups in total. The summed E-state index contributed by atoms with van der Waals surface area (Å²) < 4.78 is 74.5. The summed E-state index contributed by atoms with van der Waals surface area (Å²) in [6, 6.07) is 2.22. The minimum absolute atomic E-state index is 0.391. The van der Waals surface area contributed by atoms with Gasteiger partial charge in [-0.25, -0.2) is 0 Å². The van der Waals surface area contributed by atoms with Crippen molar-refractivity contribution in [3.05, 3.63) is 34.9 Å².